The molecular formula is C28H45NO7. The standard InChI is InChI=1S/C28H45NO7/c1-10-28(8,9)36-25(33)29-22(24(32)35-27(5,6)7)18-20(23(31)34-26(2,3)4)13-11-12-19-14-16-21(30)17-15-19/h14-17,20,22,30H,10-13,18H2,1-9H3,(H,29,33). The molecule has 36 heavy (non-hydrogen) atoms. The summed E-state index contributed by atoms with van der Waals surface area (Å²) in [6.45, 7) is 16.0. The van der Waals surface area contributed by atoms with E-state index in [1.807, 2.05) is 19.1 Å². The van der Waals surface area contributed by atoms with Gasteiger partial charge in [-0.05, 0) is 105 Å². The Kier molecular flexibility index (Phi) is 11.3. The van der Waals surface area contributed by atoms with E-state index in [0.29, 0.717) is 25.7 Å². The van der Waals surface area contributed by atoms with Gasteiger partial charge in [-0.2, -0.15) is 0 Å². The molecule has 0 fully saturated rings. The number of amides is 1. The third-order valence-electron chi connectivity index (χ3n) is 5.42. The molecule has 0 radical (unpaired) electrons. The molecule has 2 unspecified atom stereocenters. The zero-order valence-electron chi connectivity index (χ0n) is 23.4. The zero-order valence-corrected chi connectivity index (χ0v) is 23.4. The minimum absolute atomic E-state index is 0.0149. The predicted octanol–water partition coefficient (Wildman–Crippen LogP) is 5.69. The van der Waals surface area contributed by atoms with Crippen molar-refractivity contribution >= 4 is 18.0 Å². The molecule has 2 N–H and O–H groups in total. The number of nitrogens with one attached hydrogen (secondary N) is 1. The van der Waals surface area contributed by atoms with Gasteiger partial charge in [-0.3, -0.25) is 4.79 Å². The first-order valence-electron chi connectivity index (χ1n) is 12.6. The summed E-state index contributed by atoms with van der Waals surface area (Å²) in [5.74, 6) is -1.54. The Hall–Kier alpha value is -2.77. The van der Waals surface area contributed by atoms with Gasteiger partial charge in [-0.1, -0.05) is 19.1 Å². The highest BCUT2D eigenvalue weighted by molar-refractivity contribution is 5.83. The number of esters is 2. The number of alkyl carbamates (subject to hydrolysis) is 1. The fraction of sp³-hybridized carbons (Fsp3) is 0.679. The van der Waals surface area contributed by atoms with Gasteiger partial charge in [0.05, 0.1) is 5.92 Å². The second-order valence-electron chi connectivity index (χ2n) is 11.8. The van der Waals surface area contributed by atoms with E-state index < -0.39 is 46.8 Å². The average molecular weight is 508 g/mol. The summed E-state index contributed by atoms with van der Waals surface area (Å²) < 4.78 is 16.6. The number of carbonyl (C=O) groups is 3. The van der Waals surface area contributed by atoms with Crippen molar-refractivity contribution in [2.45, 2.75) is 117 Å². The van der Waals surface area contributed by atoms with Crippen LogP contribution in [0.3, 0.4) is 0 Å². The molecule has 0 saturated carbocycles. The van der Waals surface area contributed by atoms with Gasteiger partial charge in [0, 0.05) is 0 Å². The summed E-state index contributed by atoms with van der Waals surface area (Å²) in [6, 6.07) is 5.80. The van der Waals surface area contributed by atoms with Crippen molar-refractivity contribution in [2.24, 2.45) is 5.92 Å². The van der Waals surface area contributed by atoms with E-state index in [9.17, 15) is 19.5 Å². The number of aryl methyl sites for hydroxylation is 1. The molecule has 2 atom stereocenters. The summed E-state index contributed by atoms with van der Waals surface area (Å²) in [4.78, 5) is 38.8. The summed E-state index contributed by atoms with van der Waals surface area (Å²) in [5, 5.41) is 12.1. The average Bonchev–Trinajstić information content (AvgIpc) is 2.70. The number of hydrogen-bond acceptors (Lipinski definition) is 7. The molecule has 8 nitrogen and oxygen atoms in total. The monoisotopic (exact) mass is 507 g/mol. The number of phenols is 1. The molecule has 0 aliphatic rings. The van der Waals surface area contributed by atoms with Crippen molar-refractivity contribution in [3.05, 3.63) is 29.8 Å². The molecule has 0 bridgehead atoms. The number of phenolic OH excluding ortho intramolecular Hbond substituents is 1. The SMILES string of the molecule is CCC(C)(C)OC(=O)NC(CC(CCCc1ccc(O)cc1)C(=O)OC(C)(C)C)C(=O)OC(C)(C)C. The van der Waals surface area contributed by atoms with Gasteiger partial charge in [0.2, 0.25) is 0 Å². The fourth-order valence-electron chi connectivity index (χ4n) is 3.30. The van der Waals surface area contributed by atoms with Gasteiger partial charge >= 0.3 is 18.0 Å². The maximum atomic E-state index is 13.1. The van der Waals surface area contributed by atoms with Crippen LogP contribution in [0.5, 0.6) is 5.75 Å². The molecular weight excluding hydrogens is 462 g/mol. The van der Waals surface area contributed by atoms with E-state index in [4.69, 9.17) is 14.2 Å². The highest BCUT2D eigenvalue weighted by Gasteiger charge is 2.35. The van der Waals surface area contributed by atoms with Crippen LogP contribution in [0.25, 0.3) is 0 Å². The lowest BCUT2D eigenvalue weighted by Gasteiger charge is -2.29. The van der Waals surface area contributed by atoms with Gasteiger partial charge in [-0.25, -0.2) is 9.59 Å². The number of benzene rings is 1. The first-order chi connectivity index (χ1) is 16.4. The maximum absolute atomic E-state index is 13.1. The molecule has 0 aliphatic heterocycles. The van der Waals surface area contributed by atoms with Gasteiger partial charge in [0.25, 0.3) is 0 Å². The van der Waals surface area contributed by atoms with Crippen LogP contribution in [0.1, 0.15) is 93.6 Å². The Morgan fingerprint density at radius 2 is 1.39 bits per heavy atom. The number of rotatable bonds is 11. The first kappa shape index (κ1) is 31.3. The Labute approximate surface area is 216 Å². The molecule has 0 saturated heterocycles. The summed E-state index contributed by atoms with van der Waals surface area (Å²) in [5.41, 5.74) is -1.17. The second kappa shape index (κ2) is 13.0. The van der Waals surface area contributed by atoms with Crippen molar-refractivity contribution in [3.63, 3.8) is 0 Å². The Morgan fingerprint density at radius 3 is 1.89 bits per heavy atom. The lowest BCUT2D eigenvalue weighted by atomic mass is 9.92. The molecule has 1 amide bonds. The van der Waals surface area contributed by atoms with Crippen LogP contribution >= 0.6 is 0 Å². The second-order valence-corrected chi connectivity index (χ2v) is 11.8. The number of ether oxygens (including phenoxy) is 3. The van der Waals surface area contributed by atoms with Crippen LogP contribution in [-0.4, -0.2) is 46.0 Å². The van der Waals surface area contributed by atoms with Crippen LogP contribution in [0, 0.1) is 5.92 Å². The highest BCUT2D eigenvalue weighted by Crippen LogP contribution is 2.24. The van der Waals surface area contributed by atoms with E-state index in [-0.39, 0.29) is 12.2 Å². The normalized spacial score (nSPS) is 13.9. The minimum Gasteiger partial charge on any atom is -0.508 e. The van der Waals surface area contributed by atoms with Crippen molar-refractivity contribution in [3.8, 4) is 5.75 Å². The van der Waals surface area contributed by atoms with Gasteiger partial charge in [0.1, 0.15) is 28.6 Å². The molecule has 0 aromatic heterocycles. The van der Waals surface area contributed by atoms with Crippen molar-refractivity contribution in [2.75, 3.05) is 0 Å². The van der Waals surface area contributed by atoms with Crippen molar-refractivity contribution < 1.29 is 33.7 Å². The topological polar surface area (TPSA) is 111 Å². The number of hydrogen-bond donors (Lipinski definition) is 2. The molecule has 0 aliphatic carbocycles. The first-order valence-corrected chi connectivity index (χ1v) is 12.6. The largest absolute Gasteiger partial charge is 0.508 e. The minimum atomic E-state index is -1.09. The lowest BCUT2D eigenvalue weighted by molar-refractivity contribution is -0.163. The summed E-state index contributed by atoms with van der Waals surface area (Å²) in [6.07, 6.45) is 1.62. The van der Waals surface area contributed by atoms with Crippen molar-refractivity contribution in [1.29, 1.82) is 0 Å². The molecule has 1 aromatic carbocycles. The molecule has 0 spiro atoms. The summed E-state index contributed by atoms with van der Waals surface area (Å²) in [7, 11) is 0. The van der Waals surface area contributed by atoms with Gasteiger partial charge < -0.3 is 24.6 Å². The highest BCUT2D eigenvalue weighted by atomic mass is 16.6. The van der Waals surface area contributed by atoms with E-state index >= 15 is 0 Å². The molecule has 1 aromatic rings. The molecule has 8 heteroatoms. The fourth-order valence-corrected chi connectivity index (χ4v) is 3.30. The van der Waals surface area contributed by atoms with E-state index in [1.54, 1.807) is 67.5 Å². The zero-order chi connectivity index (χ0) is 27.7. The third-order valence-corrected chi connectivity index (χ3v) is 5.42. The molecule has 0 heterocycles. The van der Waals surface area contributed by atoms with E-state index in [0.717, 1.165) is 5.56 Å². The third kappa shape index (κ3) is 12.8. The van der Waals surface area contributed by atoms with Crippen LogP contribution in [0.4, 0.5) is 4.79 Å². The number of carbonyl (C=O) groups excluding carboxylic acids is 3. The molecule has 204 valence electrons. The quantitative estimate of drug-likeness (QED) is 0.292. The van der Waals surface area contributed by atoms with Crippen LogP contribution in [0.15, 0.2) is 24.3 Å². The Bertz CT molecular complexity index is 863. The van der Waals surface area contributed by atoms with Crippen LogP contribution in [0.2, 0.25) is 0 Å². The lowest BCUT2D eigenvalue weighted by Crippen LogP contribution is -2.48. The number of aromatic hydroxyl groups is 1. The Morgan fingerprint density at radius 1 is 0.861 bits per heavy atom. The Balaban J connectivity index is 3.09. The molecule has 1 rings (SSSR count). The van der Waals surface area contributed by atoms with E-state index in [2.05, 4.69) is 5.32 Å². The van der Waals surface area contributed by atoms with E-state index in [1.165, 1.54) is 0 Å². The van der Waals surface area contributed by atoms with Gasteiger partial charge in [0.15, 0.2) is 0 Å². The maximum Gasteiger partial charge on any atom is 0.408 e. The van der Waals surface area contributed by atoms with Crippen LogP contribution < -0.4 is 5.32 Å². The summed E-state index contributed by atoms with van der Waals surface area (Å²) >= 11 is 0. The van der Waals surface area contributed by atoms with Crippen LogP contribution in [-0.2, 0) is 30.2 Å². The van der Waals surface area contributed by atoms with Crippen molar-refractivity contribution in [1.82, 2.24) is 5.32 Å². The smallest absolute Gasteiger partial charge is 0.408 e. The predicted molar refractivity (Wildman–Crippen MR) is 139 cm³/mol. The van der Waals surface area contributed by atoms with Gasteiger partial charge in [-0.15, -0.1) is 0 Å².